The topological polar surface area (TPSA) is 80.0 Å². The van der Waals surface area contributed by atoms with Crippen molar-refractivity contribution in [3.8, 4) is 0 Å². The average molecular weight is 292 g/mol. The number of benzene rings is 1. The highest BCUT2D eigenvalue weighted by Crippen LogP contribution is 2.08. The number of aliphatic imine (C=N–C) groups is 1. The van der Waals surface area contributed by atoms with Gasteiger partial charge in [0, 0.05) is 19.3 Å². The van der Waals surface area contributed by atoms with Gasteiger partial charge in [-0.05, 0) is 32.9 Å². The third-order valence-corrected chi connectivity index (χ3v) is 2.47. The minimum absolute atomic E-state index is 0.318. The average Bonchev–Trinajstić information content (AvgIpc) is 2.37. The Morgan fingerprint density at radius 2 is 1.95 bits per heavy atom. The van der Waals surface area contributed by atoms with Crippen molar-refractivity contribution in [3.63, 3.8) is 0 Å². The molecule has 6 nitrogen and oxygen atoms in total. The van der Waals surface area contributed by atoms with Gasteiger partial charge in [-0.1, -0.05) is 18.2 Å². The maximum absolute atomic E-state index is 11.7. The van der Waals surface area contributed by atoms with E-state index in [1.165, 1.54) is 4.90 Å². The number of anilines is 1. The Kier molecular flexibility index (Phi) is 6.02. The third-order valence-electron chi connectivity index (χ3n) is 2.47. The van der Waals surface area contributed by atoms with Crippen LogP contribution in [0.15, 0.2) is 35.3 Å². The molecule has 0 spiro atoms. The summed E-state index contributed by atoms with van der Waals surface area (Å²) in [6, 6.07) is 9.54. The summed E-state index contributed by atoms with van der Waals surface area (Å²) in [6.45, 7) is 6.34. The van der Waals surface area contributed by atoms with Gasteiger partial charge < -0.3 is 20.7 Å². The smallest absolute Gasteiger partial charge is 0.410 e. The molecule has 1 amide bonds. The molecule has 0 saturated carbocycles. The van der Waals surface area contributed by atoms with Gasteiger partial charge in [-0.2, -0.15) is 0 Å². The number of para-hydroxylation sites is 1. The molecule has 0 fully saturated rings. The number of hydrogen-bond donors (Lipinski definition) is 2. The second-order valence-corrected chi connectivity index (χ2v) is 5.66. The van der Waals surface area contributed by atoms with Gasteiger partial charge in [-0.25, -0.2) is 4.79 Å². The molecule has 0 saturated heterocycles. The summed E-state index contributed by atoms with van der Waals surface area (Å²) in [4.78, 5) is 17.4. The number of nitrogens with zero attached hydrogens (tertiary/aromatic N) is 2. The van der Waals surface area contributed by atoms with Crippen molar-refractivity contribution in [2.75, 3.05) is 25.5 Å². The second kappa shape index (κ2) is 7.52. The molecule has 0 aliphatic carbocycles. The number of guanidine groups is 1. The summed E-state index contributed by atoms with van der Waals surface area (Å²) in [5.41, 5.74) is 6.15. The molecule has 1 rings (SSSR count). The lowest BCUT2D eigenvalue weighted by Gasteiger charge is -2.24. The van der Waals surface area contributed by atoms with Gasteiger partial charge in [-0.3, -0.25) is 4.99 Å². The van der Waals surface area contributed by atoms with Crippen molar-refractivity contribution in [1.82, 2.24) is 4.90 Å². The van der Waals surface area contributed by atoms with Crippen LogP contribution in [0.4, 0.5) is 10.5 Å². The number of nitrogens with one attached hydrogen (secondary N) is 1. The molecule has 0 unspecified atom stereocenters. The van der Waals surface area contributed by atoms with E-state index in [1.54, 1.807) is 7.05 Å². The molecule has 0 heterocycles. The summed E-state index contributed by atoms with van der Waals surface area (Å²) >= 11 is 0. The van der Waals surface area contributed by atoms with Crippen molar-refractivity contribution in [3.05, 3.63) is 30.3 Å². The highest BCUT2D eigenvalue weighted by Gasteiger charge is 2.18. The quantitative estimate of drug-likeness (QED) is 0.659. The number of rotatable bonds is 4. The Hall–Kier alpha value is -2.24. The van der Waals surface area contributed by atoms with Crippen LogP contribution in [0.5, 0.6) is 0 Å². The van der Waals surface area contributed by atoms with Crippen molar-refractivity contribution in [2.24, 2.45) is 10.7 Å². The standard InChI is InChI=1S/C15H24N4O2/c1-15(2,3)21-14(20)19(4)11-10-17-13(16)18-12-8-6-5-7-9-12/h5-9H,10-11H2,1-4H3,(H3,16,17,18). The SMILES string of the molecule is CN(CCN=C(N)Nc1ccccc1)C(=O)OC(C)(C)C. The fraction of sp³-hybridized carbons (Fsp3) is 0.467. The van der Waals surface area contributed by atoms with Gasteiger partial charge in [0.2, 0.25) is 0 Å². The van der Waals surface area contributed by atoms with Crippen molar-refractivity contribution in [2.45, 2.75) is 26.4 Å². The molecule has 1 aromatic rings. The first-order valence-corrected chi connectivity index (χ1v) is 6.84. The zero-order valence-electron chi connectivity index (χ0n) is 13.1. The minimum atomic E-state index is -0.498. The number of carbonyl (C=O) groups is 1. The van der Waals surface area contributed by atoms with E-state index in [4.69, 9.17) is 10.5 Å². The van der Waals surface area contributed by atoms with Crippen LogP contribution >= 0.6 is 0 Å². The minimum Gasteiger partial charge on any atom is -0.444 e. The maximum atomic E-state index is 11.7. The maximum Gasteiger partial charge on any atom is 0.410 e. The summed E-state index contributed by atoms with van der Waals surface area (Å²) in [5, 5.41) is 2.98. The first-order valence-electron chi connectivity index (χ1n) is 6.84. The van der Waals surface area contributed by atoms with Crippen LogP contribution in [0.1, 0.15) is 20.8 Å². The van der Waals surface area contributed by atoms with Gasteiger partial charge >= 0.3 is 6.09 Å². The highest BCUT2D eigenvalue weighted by molar-refractivity contribution is 5.92. The molecule has 6 heteroatoms. The third kappa shape index (κ3) is 7.20. The molecule has 0 radical (unpaired) electrons. The molecule has 0 aliphatic rings. The number of amides is 1. The summed E-state index contributed by atoms with van der Waals surface area (Å²) in [7, 11) is 1.67. The number of ether oxygens (including phenoxy) is 1. The van der Waals surface area contributed by atoms with Crippen molar-refractivity contribution in [1.29, 1.82) is 0 Å². The van der Waals surface area contributed by atoms with Crippen LogP contribution in [-0.4, -0.2) is 42.7 Å². The first-order chi connectivity index (χ1) is 9.78. The van der Waals surface area contributed by atoms with Gasteiger partial charge in [0.15, 0.2) is 5.96 Å². The molecule has 0 atom stereocenters. The van der Waals surface area contributed by atoms with Gasteiger partial charge in [-0.15, -0.1) is 0 Å². The second-order valence-electron chi connectivity index (χ2n) is 5.66. The fourth-order valence-corrected chi connectivity index (χ4v) is 1.46. The van der Waals surface area contributed by atoms with E-state index in [-0.39, 0.29) is 6.09 Å². The van der Waals surface area contributed by atoms with Crippen LogP contribution in [0, 0.1) is 0 Å². The number of likely N-dealkylation sites (N-methyl/N-ethyl adjacent to an activating group) is 1. The normalized spacial score (nSPS) is 11.9. The van der Waals surface area contributed by atoms with E-state index in [0.29, 0.717) is 19.0 Å². The molecule has 21 heavy (non-hydrogen) atoms. The first kappa shape index (κ1) is 16.8. The van der Waals surface area contributed by atoms with E-state index in [1.807, 2.05) is 51.1 Å². The van der Waals surface area contributed by atoms with Crippen LogP contribution < -0.4 is 11.1 Å². The summed E-state index contributed by atoms with van der Waals surface area (Å²) in [5.74, 6) is 0.318. The molecule has 0 bridgehead atoms. The van der Waals surface area contributed by atoms with Gasteiger partial charge in [0.1, 0.15) is 5.60 Å². The highest BCUT2D eigenvalue weighted by atomic mass is 16.6. The lowest BCUT2D eigenvalue weighted by molar-refractivity contribution is 0.0304. The summed E-state index contributed by atoms with van der Waals surface area (Å²) < 4.78 is 5.24. The van der Waals surface area contributed by atoms with Gasteiger partial charge in [0.05, 0.1) is 6.54 Å². The fourth-order valence-electron chi connectivity index (χ4n) is 1.46. The van der Waals surface area contributed by atoms with E-state index < -0.39 is 5.60 Å². The molecule has 0 aromatic heterocycles. The number of carbonyl (C=O) groups excluding carboxylic acids is 1. The Bertz CT molecular complexity index is 480. The molecule has 0 aliphatic heterocycles. The Labute approximate surface area is 126 Å². The zero-order chi connectivity index (χ0) is 15.9. The largest absolute Gasteiger partial charge is 0.444 e. The Morgan fingerprint density at radius 1 is 1.33 bits per heavy atom. The van der Waals surface area contributed by atoms with Crippen LogP contribution in [-0.2, 0) is 4.74 Å². The van der Waals surface area contributed by atoms with Crippen LogP contribution in [0.25, 0.3) is 0 Å². The Morgan fingerprint density at radius 3 is 2.52 bits per heavy atom. The van der Waals surface area contributed by atoms with E-state index in [9.17, 15) is 4.79 Å². The number of hydrogen-bond acceptors (Lipinski definition) is 3. The lowest BCUT2D eigenvalue weighted by atomic mass is 10.2. The van der Waals surface area contributed by atoms with E-state index in [0.717, 1.165) is 5.69 Å². The van der Waals surface area contributed by atoms with Crippen LogP contribution in [0.2, 0.25) is 0 Å². The monoisotopic (exact) mass is 292 g/mol. The molecular weight excluding hydrogens is 268 g/mol. The predicted octanol–water partition coefficient (Wildman–Crippen LogP) is 2.28. The van der Waals surface area contributed by atoms with Crippen molar-refractivity contribution >= 4 is 17.7 Å². The molecular formula is C15H24N4O2. The predicted molar refractivity (Wildman–Crippen MR) is 85.4 cm³/mol. The zero-order valence-corrected chi connectivity index (χ0v) is 13.1. The molecule has 1 aromatic carbocycles. The van der Waals surface area contributed by atoms with E-state index in [2.05, 4.69) is 10.3 Å². The van der Waals surface area contributed by atoms with Gasteiger partial charge in [0.25, 0.3) is 0 Å². The lowest BCUT2D eigenvalue weighted by Crippen LogP contribution is -2.36. The Balaban J connectivity index is 2.37. The van der Waals surface area contributed by atoms with E-state index >= 15 is 0 Å². The van der Waals surface area contributed by atoms with Crippen molar-refractivity contribution < 1.29 is 9.53 Å². The molecule has 3 N–H and O–H groups in total. The number of nitrogens with two attached hydrogens (primary N) is 1. The summed E-state index contributed by atoms with van der Waals surface area (Å²) in [6.07, 6.45) is -0.368. The molecule has 116 valence electrons. The van der Waals surface area contributed by atoms with Crippen LogP contribution in [0.3, 0.4) is 0 Å².